The lowest BCUT2D eigenvalue weighted by Crippen LogP contribution is -1.95. The molecule has 4 nitrogen and oxygen atoms in total. The molecule has 5 heteroatoms. The number of hydrogen-bond acceptors (Lipinski definition) is 5. The van der Waals surface area contributed by atoms with E-state index in [0.717, 1.165) is 22.3 Å². The van der Waals surface area contributed by atoms with Crippen molar-refractivity contribution in [1.29, 1.82) is 0 Å². The van der Waals surface area contributed by atoms with Gasteiger partial charge >= 0.3 is 0 Å². The lowest BCUT2D eigenvalue weighted by Gasteiger charge is -2.12. The molecule has 0 bridgehead atoms. The number of rotatable bonds is 6. The molecule has 0 atom stereocenters. The van der Waals surface area contributed by atoms with Crippen LogP contribution in [-0.2, 0) is 0 Å². The van der Waals surface area contributed by atoms with Gasteiger partial charge in [0.1, 0.15) is 5.75 Å². The summed E-state index contributed by atoms with van der Waals surface area (Å²) in [5.74, 6) is 2.73. The maximum absolute atomic E-state index is 5.50. The van der Waals surface area contributed by atoms with E-state index in [0.29, 0.717) is 17.2 Å². The topological polar surface area (TPSA) is 36.9 Å². The van der Waals surface area contributed by atoms with Gasteiger partial charge < -0.3 is 18.9 Å². The van der Waals surface area contributed by atoms with E-state index in [-0.39, 0.29) is 0 Å². The lowest BCUT2D eigenvalue weighted by molar-refractivity contribution is 0.324. The molecule has 2 aromatic carbocycles. The molecule has 0 radical (unpaired) electrons. The third-order valence-corrected chi connectivity index (χ3v) is 4.80. The van der Waals surface area contributed by atoms with Gasteiger partial charge in [-0.25, -0.2) is 0 Å². The molecule has 0 spiro atoms. The number of hydrogen-bond donors (Lipinski definition) is 0. The average molecular weight is 356 g/mol. The minimum Gasteiger partial charge on any atom is -0.496 e. The molecule has 0 aliphatic heterocycles. The van der Waals surface area contributed by atoms with Crippen LogP contribution in [0.3, 0.4) is 0 Å². The van der Waals surface area contributed by atoms with E-state index in [1.807, 2.05) is 30.4 Å². The van der Waals surface area contributed by atoms with Crippen molar-refractivity contribution in [1.82, 2.24) is 0 Å². The van der Waals surface area contributed by atoms with Crippen molar-refractivity contribution >= 4 is 33.6 Å². The van der Waals surface area contributed by atoms with Crippen LogP contribution in [-0.4, -0.2) is 28.4 Å². The first-order valence-corrected chi connectivity index (χ1v) is 8.61. The summed E-state index contributed by atoms with van der Waals surface area (Å²) in [5, 5.41) is 3.21. The zero-order valence-corrected chi connectivity index (χ0v) is 15.5. The highest BCUT2D eigenvalue weighted by Crippen LogP contribution is 2.39. The molecule has 1 aromatic heterocycles. The first-order chi connectivity index (χ1) is 12.2. The van der Waals surface area contributed by atoms with Gasteiger partial charge in [-0.05, 0) is 46.8 Å². The summed E-state index contributed by atoms with van der Waals surface area (Å²) in [6, 6.07) is 10.1. The van der Waals surface area contributed by atoms with Crippen molar-refractivity contribution in [3.8, 4) is 23.0 Å². The van der Waals surface area contributed by atoms with E-state index in [2.05, 4.69) is 17.5 Å². The van der Waals surface area contributed by atoms with Gasteiger partial charge in [0.15, 0.2) is 11.5 Å². The third kappa shape index (κ3) is 3.42. The summed E-state index contributed by atoms with van der Waals surface area (Å²) in [7, 11) is 6.51. The van der Waals surface area contributed by atoms with Gasteiger partial charge in [0.2, 0.25) is 5.75 Å². The Morgan fingerprint density at radius 2 is 1.28 bits per heavy atom. The Bertz CT molecular complexity index is 886. The molecular weight excluding hydrogens is 336 g/mol. The Balaban J connectivity index is 1.99. The van der Waals surface area contributed by atoms with Crippen LogP contribution in [0.4, 0.5) is 0 Å². The molecule has 0 saturated carbocycles. The van der Waals surface area contributed by atoms with E-state index in [4.69, 9.17) is 18.9 Å². The number of benzene rings is 2. The van der Waals surface area contributed by atoms with E-state index in [1.165, 1.54) is 4.70 Å². The Morgan fingerprint density at radius 3 is 1.84 bits per heavy atom. The van der Waals surface area contributed by atoms with Crippen molar-refractivity contribution in [2.75, 3.05) is 28.4 Å². The van der Waals surface area contributed by atoms with Crippen LogP contribution < -0.4 is 18.9 Å². The normalized spacial score (nSPS) is 11.0. The van der Waals surface area contributed by atoms with Crippen molar-refractivity contribution in [3.05, 3.63) is 46.8 Å². The molecule has 25 heavy (non-hydrogen) atoms. The second kappa shape index (κ2) is 7.49. The maximum atomic E-state index is 5.50. The molecule has 0 unspecified atom stereocenters. The van der Waals surface area contributed by atoms with Crippen molar-refractivity contribution < 1.29 is 18.9 Å². The second-order valence-electron chi connectivity index (χ2n) is 5.35. The minimum absolute atomic E-state index is 0.587. The van der Waals surface area contributed by atoms with Gasteiger partial charge in [0.25, 0.3) is 0 Å². The van der Waals surface area contributed by atoms with Crippen molar-refractivity contribution in [2.24, 2.45) is 0 Å². The maximum Gasteiger partial charge on any atom is 0.203 e. The zero-order valence-electron chi connectivity index (χ0n) is 14.7. The Morgan fingerprint density at radius 1 is 0.720 bits per heavy atom. The van der Waals surface area contributed by atoms with Gasteiger partial charge in [-0.15, -0.1) is 11.3 Å². The van der Waals surface area contributed by atoms with E-state index in [9.17, 15) is 0 Å². The first-order valence-electron chi connectivity index (χ1n) is 7.73. The summed E-state index contributed by atoms with van der Waals surface area (Å²) in [4.78, 5) is 0. The van der Waals surface area contributed by atoms with E-state index in [1.54, 1.807) is 39.8 Å². The molecule has 0 aliphatic carbocycles. The largest absolute Gasteiger partial charge is 0.496 e. The SMILES string of the molecule is COc1cc(C=Cc2cc(OC)c3ccsc3c2)cc(OC)c1OC. The van der Waals surface area contributed by atoms with E-state index >= 15 is 0 Å². The molecule has 3 rings (SSSR count). The molecule has 130 valence electrons. The van der Waals surface area contributed by atoms with Crippen LogP contribution in [0.1, 0.15) is 11.1 Å². The highest BCUT2D eigenvalue weighted by molar-refractivity contribution is 7.17. The standard InChI is InChI=1S/C20H20O4S/c1-21-16-9-14(12-19-15(16)7-8-25-19)6-5-13-10-17(22-2)20(24-4)18(11-13)23-3/h5-12H,1-4H3. The number of methoxy groups -OCH3 is 4. The van der Waals surface area contributed by atoms with Crippen LogP contribution in [0.25, 0.3) is 22.2 Å². The summed E-state index contributed by atoms with van der Waals surface area (Å²) in [6.07, 6.45) is 4.06. The number of ether oxygens (including phenoxy) is 4. The van der Waals surface area contributed by atoms with Gasteiger partial charge in [-0.1, -0.05) is 12.2 Å². The fourth-order valence-corrected chi connectivity index (χ4v) is 3.56. The minimum atomic E-state index is 0.587. The fourth-order valence-electron chi connectivity index (χ4n) is 2.71. The molecule has 0 N–H and O–H groups in total. The average Bonchev–Trinajstić information content (AvgIpc) is 3.13. The monoisotopic (exact) mass is 356 g/mol. The lowest BCUT2D eigenvalue weighted by atomic mass is 10.1. The predicted molar refractivity (Wildman–Crippen MR) is 103 cm³/mol. The number of thiophene rings is 1. The van der Waals surface area contributed by atoms with Crippen LogP contribution in [0.15, 0.2) is 35.7 Å². The Hall–Kier alpha value is -2.66. The molecule has 3 aromatic rings. The predicted octanol–water partition coefficient (Wildman–Crippen LogP) is 5.11. The highest BCUT2D eigenvalue weighted by atomic mass is 32.1. The summed E-state index contributed by atoms with van der Waals surface area (Å²) in [6.45, 7) is 0. The van der Waals surface area contributed by atoms with Crippen LogP contribution in [0.2, 0.25) is 0 Å². The number of fused-ring (bicyclic) bond motifs is 1. The van der Waals surface area contributed by atoms with Crippen LogP contribution >= 0.6 is 11.3 Å². The Kier molecular flexibility index (Phi) is 5.14. The van der Waals surface area contributed by atoms with Gasteiger partial charge in [0, 0.05) is 10.1 Å². The van der Waals surface area contributed by atoms with Crippen molar-refractivity contribution in [3.63, 3.8) is 0 Å². The summed E-state index contributed by atoms with van der Waals surface area (Å²) in [5.41, 5.74) is 2.03. The van der Waals surface area contributed by atoms with Crippen LogP contribution in [0.5, 0.6) is 23.0 Å². The molecule has 0 fully saturated rings. The van der Waals surface area contributed by atoms with Crippen LogP contribution in [0, 0.1) is 0 Å². The molecular formula is C20H20O4S. The first kappa shape index (κ1) is 17.2. The third-order valence-electron chi connectivity index (χ3n) is 3.93. The summed E-state index contributed by atoms with van der Waals surface area (Å²) < 4.78 is 22.8. The zero-order chi connectivity index (χ0) is 17.8. The molecule has 1 heterocycles. The van der Waals surface area contributed by atoms with Gasteiger partial charge in [-0.2, -0.15) is 0 Å². The van der Waals surface area contributed by atoms with E-state index < -0.39 is 0 Å². The quantitative estimate of drug-likeness (QED) is 0.575. The highest BCUT2D eigenvalue weighted by Gasteiger charge is 2.12. The molecule has 0 aliphatic rings. The fraction of sp³-hybridized carbons (Fsp3) is 0.200. The summed E-state index contributed by atoms with van der Waals surface area (Å²) >= 11 is 1.70. The Labute approximate surface area is 151 Å². The van der Waals surface area contributed by atoms with Gasteiger partial charge in [-0.3, -0.25) is 0 Å². The second-order valence-corrected chi connectivity index (χ2v) is 6.30. The molecule has 0 amide bonds. The van der Waals surface area contributed by atoms with Crippen molar-refractivity contribution in [2.45, 2.75) is 0 Å². The smallest absolute Gasteiger partial charge is 0.203 e. The van der Waals surface area contributed by atoms with Gasteiger partial charge in [0.05, 0.1) is 28.4 Å². The molecule has 0 saturated heterocycles.